The molecule has 4 nitrogen and oxygen atoms in total. The molecule has 1 atom stereocenters. The summed E-state index contributed by atoms with van der Waals surface area (Å²) >= 11 is 0. The van der Waals surface area contributed by atoms with Gasteiger partial charge in [0.1, 0.15) is 12.4 Å². The van der Waals surface area contributed by atoms with Crippen molar-refractivity contribution in [3.63, 3.8) is 0 Å². The van der Waals surface area contributed by atoms with E-state index >= 15 is 0 Å². The van der Waals surface area contributed by atoms with Crippen LogP contribution >= 0.6 is 0 Å². The Labute approximate surface area is 150 Å². The van der Waals surface area contributed by atoms with Gasteiger partial charge in [-0.2, -0.15) is 0 Å². The maximum absolute atomic E-state index is 13.3. The second-order valence-electron chi connectivity index (χ2n) is 6.37. The van der Waals surface area contributed by atoms with Crippen molar-refractivity contribution in [2.75, 3.05) is 6.61 Å². The Hall–Kier alpha value is -3.21. The Kier molecular flexibility index (Phi) is 3.45. The van der Waals surface area contributed by atoms with E-state index in [-0.39, 0.29) is 11.9 Å². The van der Waals surface area contributed by atoms with Gasteiger partial charge in [0.05, 0.1) is 11.4 Å². The number of ether oxygens (including phenoxy) is 2. The lowest BCUT2D eigenvalue weighted by Crippen LogP contribution is -2.36. The zero-order chi connectivity index (χ0) is 17.5. The van der Waals surface area contributed by atoms with Gasteiger partial charge in [0.15, 0.2) is 17.6 Å². The van der Waals surface area contributed by atoms with Gasteiger partial charge in [-0.25, -0.2) is 4.39 Å². The van der Waals surface area contributed by atoms with Crippen LogP contribution in [0.4, 0.5) is 10.1 Å². The first kappa shape index (κ1) is 15.1. The van der Waals surface area contributed by atoms with Crippen molar-refractivity contribution in [1.82, 2.24) is 4.98 Å². The molecule has 0 amide bonds. The summed E-state index contributed by atoms with van der Waals surface area (Å²) in [6, 6.07) is 14.6. The Bertz CT molecular complexity index is 1020. The maximum Gasteiger partial charge on any atom is 0.171 e. The fourth-order valence-electron chi connectivity index (χ4n) is 3.33. The molecule has 3 aromatic rings. The number of hydrogen-bond donors (Lipinski definition) is 0. The quantitative estimate of drug-likeness (QED) is 0.693. The molecule has 26 heavy (non-hydrogen) atoms. The van der Waals surface area contributed by atoms with Crippen LogP contribution in [-0.2, 0) is 6.42 Å². The molecule has 5 heteroatoms. The van der Waals surface area contributed by atoms with Crippen LogP contribution in [0.5, 0.6) is 11.5 Å². The molecule has 1 unspecified atom stereocenters. The number of aromatic nitrogens is 1. The second-order valence-corrected chi connectivity index (χ2v) is 6.37. The highest BCUT2D eigenvalue weighted by Gasteiger charge is 2.29. The molecule has 0 radical (unpaired) electrons. The summed E-state index contributed by atoms with van der Waals surface area (Å²) in [5.74, 6) is 0.663. The number of fused-ring (bicyclic) bond motifs is 2. The van der Waals surface area contributed by atoms with Gasteiger partial charge in [-0.05, 0) is 47.0 Å². The van der Waals surface area contributed by atoms with Gasteiger partial charge in [0.25, 0.3) is 0 Å². The third-order valence-corrected chi connectivity index (χ3v) is 4.67. The van der Waals surface area contributed by atoms with Crippen molar-refractivity contribution in [3.05, 3.63) is 72.3 Å². The van der Waals surface area contributed by atoms with Gasteiger partial charge < -0.3 is 9.47 Å². The average Bonchev–Trinajstić information content (AvgIpc) is 3.11. The molecule has 3 heterocycles. The molecule has 2 aromatic carbocycles. The fourth-order valence-corrected chi connectivity index (χ4v) is 3.33. The van der Waals surface area contributed by atoms with Gasteiger partial charge in [0, 0.05) is 24.9 Å². The highest BCUT2D eigenvalue weighted by atomic mass is 19.1. The highest BCUT2D eigenvalue weighted by Crippen LogP contribution is 2.36. The van der Waals surface area contributed by atoms with E-state index in [1.165, 1.54) is 17.7 Å². The molecule has 0 saturated heterocycles. The standard InChI is InChI=1S/C21H15FN2O2/c22-16-3-4-19-20(11-16)25-12-21(26-19)18-10-15-2-1-14(9-17(15)24-18)13-5-7-23-8-6-13/h1-9,11,21H,10,12H2. The third-order valence-electron chi connectivity index (χ3n) is 4.67. The highest BCUT2D eigenvalue weighted by molar-refractivity contribution is 5.98. The first-order valence-electron chi connectivity index (χ1n) is 8.46. The van der Waals surface area contributed by atoms with E-state index in [9.17, 15) is 4.39 Å². The van der Waals surface area contributed by atoms with E-state index in [4.69, 9.17) is 14.5 Å². The zero-order valence-electron chi connectivity index (χ0n) is 13.9. The predicted molar refractivity (Wildman–Crippen MR) is 96.8 cm³/mol. The number of rotatable bonds is 2. The molecular formula is C21H15FN2O2. The number of nitrogens with zero attached hydrogens (tertiary/aromatic N) is 2. The average molecular weight is 346 g/mol. The molecule has 0 N–H and O–H groups in total. The van der Waals surface area contributed by atoms with E-state index in [1.54, 1.807) is 18.5 Å². The van der Waals surface area contributed by atoms with Gasteiger partial charge in [-0.15, -0.1) is 0 Å². The molecule has 2 aliphatic heterocycles. The Morgan fingerprint density at radius 3 is 2.69 bits per heavy atom. The monoisotopic (exact) mass is 346 g/mol. The molecule has 0 bridgehead atoms. The Morgan fingerprint density at radius 1 is 0.923 bits per heavy atom. The first-order chi connectivity index (χ1) is 12.8. The van der Waals surface area contributed by atoms with Gasteiger partial charge in [0.2, 0.25) is 0 Å². The van der Waals surface area contributed by atoms with Crippen LogP contribution < -0.4 is 9.47 Å². The summed E-state index contributed by atoms with van der Waals surface area (Å²) in [4.78, 5) is 8.83. The molecule has 0 saturated carbocycles. The summed E-state index contributed by atoms with van der Waals surface area (Å²) in [5, 5.41) is 0. The van der Waals surface area contributed by atoms with Crippen molar-refractivity contribution >= 4 is 11.4 Å². The second kappa shape index (κ2) is 5.95. The minimum Gasteiger partial charge on any atom is -0.485 e. The number of benzene rings is 2. The predicted octanol–water partition coefficient (Wildman–Crippen LogP) is 4.36. The zero-order valence-corrected chi connectivity index (χ0v) is 13.9. The third kappa shape index (κ3) is 2.62. The van der Waals surface area contributed by atoms with E-state index < -0.39 is 0 Å². The Balaban J connectivity index is 1.42. The molecule has 0 spiro atoms. The van der Waals surface area contributed by atoms with Crippen LogP contribution in [-0.4, -0.2) is 23.4 Å². The molecule has 128 valence electrons. The summed E-state index contributed by atoms with van der Waals surface area (Å²) in [7, 11) is 0. The SMILES string of the molecule is Fc1ccc2c(c1)OCC(C1=Nc3cc(-c4ccncc4)ccc3C1)O2. The minimum atomic E-state index is -0.333. The van der Waals surface area contributed by atoms with Crippen LogP contribution in [0.25, 0.3) is 11.1 Å². The molecule has 1 aromatic heterocycles. The smallest absolute Gasteiger partial charge is 0.171 e. The van der Waals surface area contributed by atoms with Crippen molar-refractivity contribution in [3.8, 4) is 22.6 Å². The molecular weight excluding hydrogens is 331 g/mol. The normalized spacial score (nSPS) is 17.6. The van der Waals surface area contributed by atoms with Gasteiger partial charge in [-0.1, -0.05) is 12.1 Å². The largest absolute Gasteiger partial charge is 0.485 e. The molecule has 5 rings (SSSR count). The fraction of sp³-hybridized carbons (Fsp3) is 0.143. The lowest BCUT2D eigenvalue weighted by atomic mass is 10.0. The van der Waals surface area contributed by atoms with Gasteiger partial charge >= 0.3 is 0 Å². The van der Waals surface area contributed by atoms with Crippen molar-refractivity contribution in [2.45, 2.75) is 12.5 Å². The van der Waals surface area contributed by atoms with Crippen LogP contribution in [0.2, 0.25) is 0 Å². The van der Waals surface area contributed by atoms with Crippen LogP contribution in [0, 0.1) is 5.82 Å². The molecule has 2 aliphatic rings. The van der Waals surface area contributed by atoms with Crippen LogP contribution in [0.15, 0.2) is 65.9 Å². The lowest BCUT2D eigenvalue weighted by molar-refractivity contribution is 0.133. The van der Waals surface area contributed by atoms with Crippen LogP contribution in [0.3, 0.4) is 0 Å². The van der Waals surface area contributed by atoms with E-state index in [1.807, 2.05) is 12.1 Å². The first-order valence-corrected chi connectivity index (χ1v) is 8.46. The molecule has 0 fully saturated rings. The number of hydrogen-bond acceptors (Lipinski definition) is 4. The molecule has 0 aliphatic carbocycles. The lowest BCUT2D eigenvalue weighted by Gasteiger charge is -2.26. The van der Waals surface area contributed by atoms with E-state index in [2.05, 4.69) is 23.2 Å². The topological polar surface area (TPSA) is 43.7 Å². The van der Waals surface area contributed by atoms with E-state index in [0.717, 1.165) is 28.9 Å². The summed E-state index contributed by atoms with van der Waals surface area (Å²) in [5.41, 5.74) is 5.29. The minimum absolute atomic E-state index is 0.260. The number of halogens is 1. The van der Waals surface area contributed by atoms with Crippen molar-refractivity contribution < 1.29 is 13.9 Å². The maximum atomic E-state index is 13.3. The summed E-state index contributed by atoms with van der Waals surface area (Å²) in [6.45, 7) is 0.334. The van der Waals surface area contributed by atoms with E-state index in [0.29, 0.717) is 18.1 Å². The van der Waals surface area contributed by atoms with Crippen LogP contribution in [0.1, 0.15) is 5.56 Å². The summed E-state index contributed by atoms with van der Waals surface area (Å²) < 4.78 is 24.9. The van der Waals surface area contributed by atoms with Gasteiger partial charge in [-0.3, -0.25) is 9.98 Å². The summed E-state index contributed by atoms with van der Waals surface area (Å²) in [6.07, 6.45) is 4.04. The van der Waals surface area contributed by atoms with Crippen molar-refractivity contribution in [1.29, 1.82) is 0 Å². The number of pyridine rings is 1. The van der Waals surface area contributed by atoms with Crippen molar-refractivity contribution in [2.24, 2.45) is 4.99 Å². The number of aliphatic imine (C=N–C) groups is 1. The Morgan fingerprint density at radius 2 is 1.81 bits per heavy atom.